The number of hydrogen-bond donors (Lipinski definition) is 2. The van der Waals surface area contributed by atoms with Gasteiger partial charge in [-0.1, -0.05) is 12.1 Å². The first-order chi connectivity index (χ1) is 10.6. The number of amides is 1. The maximum absolute atomic E-state index is 12.3. The molecule has 0 radical (unpaired) electrons. The number of hydrogen-bond acceptors (Lipinski definition) is 4. The number of nitrogens with one attached hydrogen (secondary N) is 2. The van der Waals surface area contributed by atoms with Crippen molar-refractivity contribution in [2.75, 3.05) is 24.3 Å². The zero-order valence-electron chi connectivity index (χ0n) is 12.7. The molecule has 0 fully saturated rings. The van der Waals surface area contributed by atoms with E-state index in [2.05, 4.69) is 22.2 Å². The molecule has 5 heteroatoms. The molecule has 0 saturated carbocycles. The van der Waals surface area contributed by atoms with Gasteiger partial charge in [0, 0.05) is 6.54 Å². The smallest absolute Gasteiger partial charge is 0.274 e. The SMILES string of the molecule is C=CCNc1ccc(C(=O)Nc2cc(C)ccc2OC)nc1. The topological polar surface area (TPSA) is 63.2 Å². The zero-order chi connectivity index (χ0) is 15.9. The number of carbonyl (C=O) groups excluding carboxylic acids is 1. The third-order valence-electron chi connectivity index (χ3n) is 3.05. The van der Waals surface area contributed by atoms with E-state index in [1.165, 1.54) is 0 Å². The molecule has 0 aliphatic heterocycles. The van der Waals surface area contributed by atoms with Crippen LogP contribution in [0.2, 0.25) is 0 Å². The van der Waals surface area contributed by atoms with Crippen molar-refractivity contribution in [3.8, 4) is 5.75 Å². The third-order valence-corrected chi connectivity index (χ3v) is 3.05. The summed E-state index contributed by atoms with van der Waals surface area (Å²) in [5.74, 6) is 0.336. The Hall–Kier alpha value is -2.82. The van der Waals surface area contributed by atoms with Gasteiger partial charge in [-0.2, -0.15) is 0 Å². The molecule has 1 amide bonds. The molecule has 1 aromatic carbocycles. The second-order valence-electron chi connectivity index (χ2n) is 4.76. The molecule has 0 bridgehead atoms. The molecule has 2 rings (SSSR count). The van der Waals surface area contributed by atoms with Crippen LogP contribution in [-0.4, -0.2) is 24.5 Å². The van der Waals surface area contributed by atoms with E-state index in [-0.39, 0.29) is 5.91 Å². The van der Waals surface area contributed by atoms with E-state index in [1.54, 1.807) is 31.5 Å². The fourth-order valence-corrected chi connectivity index (χ4v) is 1.93. The van der Waals surface area contributed by atoms with E-state index in [4.69, 9.17) is 4.74 Å². The molecule has 0 aliphatic carbocycles. The van der Waals surface area contributed by atoms with Crippen LogP contribution in [0.15, 0.2) is 49.2 Å². The van der Waals surface area contributed by atoms with Gasteiger partial charge in [-0.15, -0.1) is 6.58 Å². The average Bonchev–Trinajstić information content (AvgIpc) is 2.53. The molecule has 0 aliphatic rings. The number of rotatable bonds is 6. The predicted molar refractivity (Wildman–Crippen MR) is 88.6 cm³/mol. The van der Waals surface area contributed by atoms with Gasteiger partial charge in [0.15, 0.2) is 0 Å². The second-order valence-corrected chi connectivity index (χ2v) is 4.76. The number of anilines is 2. The van der Waals surface area contributed by atoms with E-state index in [0.717, 1.165) is 11.3 Å². The van der Waals surface area contributed by atoms with Gasteiger partial charge in [0.05, 0.1) is 24.7 Å². The van der Waals surface area contributed by atoms with Gasteiger partial charge in [-0.25, -0.2) is 4.98 Å². The highest BCUT2D eigenvalue weighted by Crippen LogP contribution is 2.25. The Morgan fingerprint density at radius 1 is 1.36 bits per heavy atom. The Morgan fingerprint density at radius 2 is 2.18 bits per heavy atom. The van der Waals surface area contributed by atoms with Crippen LogP contribution in [0, 0.1) is 6.92 Å². The lowest BCUT2D eigenvalue weighted by atomic mass is 10.2. The van der Waals surface area contributed by atoms with E-state index < -0.39 is 0 Å². The van der Waals surface area contributed by atoms with Crippen molar-refractivity contribution >= 4 is 17.3 Å². The Kier molecular flexibility index (Phi) is 5.14. The number of carbonyl (C=O) groups is 1. The highest BCUT2D eigenvalue weighted by atomic mass is 16.5. The van der Waals surface area contributed by atoms with Gasteiger partial charge in [0.25, 0.3) is 5.91 Å². The Morgan fingerprint density at radius 3 is 2.82 bits per heavy atom. The number of aryl methyl sites for hydroxylation is 1. The van der Waals surface area contributed by atoms with E-state index in [1.807, 2.05) is 25.1 Å². The molecular weight excluding hydrogens is 278 g/mol. The molecule has 2 N–H and O–H groups in total. The average molecular weight is 297 g/mol. The zero-order valence-corrected chi connectivity index (χ0v) is 12.7. The molecule has 0 spiro atoms. The lowest BCUT2D eigenvalue weighted by molar-refractivity contribution is 0.102. The van der Waals surface area contributed by atoms with Crippen LogP contribution in [0.4, 0.5) is 11.4 Å². The van der Waals surface area contributed by atoms with Gasteiger partial charge in [0.2, 0.25) is 0 Å². The third kappa shape index (κ3) is 3.85. The molecule has 22 heavy (non-hydrogen) atoms. The number of pyridine rings is 1. The lowest BCUT2D eigenvalue weighted by Crippen LogP contribution is -2.14. The van der Waals surface area contributed by atoms with Crippen LogP contribution >= 0.6 is 0 Å². The van der Waals surface area contributed by atoms with Crippen LogP contribution in [0.25, 0.3) is 0 Å². The van der Waals surface area contributed by atoms with Gasteiger partial charge < -0.3 is 15.4 Å². The van der Waals surface area contributed by atoms with Crippen LogP contribution in [-0.2, 0) is 0 Å². The molecule has 2 aromatic rings. The summed E-state index contributed by atoms with van der Waals surface area (Å²) in [5, 5.41) is 5.92. The highest BCUT2D eigenvalue weighted by Gasteiger charge is 2.11. The van der Waals surface area contributed by atoms with Crippen molar-refractivity contribution in [2.45, 2.75) is 6.92 Å². The largest absolute Gasteiger partial charge is 0.495 e. The normalized spacial score (nSPS) is 9.91. The first kappa shape index (κ1) is 15.6. The minimum atomic E-state index is -0.279. The molecule has 1 heterocycles. The molecule has 0 atom stereocenters. The Balaban J connectivity index is 2.12. The number of ether oxygens (including phenoxy) is 1. The first-order valence-corrected chi connectivity index (χ1v) is 6.91. The summed E-state index contributed by atoms with van der Waals surface area (Å²) in [6, 6.07) is 9.08. The van der Waals surface area contributed by atoms with Crippen molar-refractivity contribution in [1.82, 2.24) is 4.98 Å². The first-order valence-electron chi connectivity index (χ1n) is 6.91. The monoisotopic (exact) mass is 297 g/mol. The molecule has 1 aromatic heterocycles. The summed E-state index contributed by atoms with van der Waals surface area (Å²) in [6.07, 6.45) is 3.37. The highest BCUT2D eigenvalue weighted by molar-refractivity contribution is 6.03. The maximum atomic E-state index is 12.3. The summed E-state index contributed by atoms with van der Waals surface area (Å²) in [6.45, 7) is 6.23. The molecule has 114 valence electrons. The predicted octanol–water partition coefficient (Wildman–Crippen LogP) is 3.25. The van der Waals surface area contributed by atoms with Gasteiger partial charge in [-0.05, 0) is 36.8 Å². The number of benzene rings is 1. The minimum Gasteiger partial charge on any atom is -0.495 e. The summed E-state index contributed by atoms with van der Waals surface area (Å²) in [7, 11) is 1.57. The fraction of sp³-hybridized carbons (Fsp3) is 0.176. The molecular formula is C17H19N3O2. The second kappa shape index (κ2) is 7.26. The quantitative estimate of drug-likeness (QED) is 0.803. The number of nitrogens with zero attached hydrogens (tertiary/aromatic N) is 1. The van der Waals surface area contributed by atoms with Gasteiger partial charge in [-0.3, -0.25) is 4.79 Å². The van der Waals surface area contributed by atoms with Crippen molar-refractivity contribution in [3.05, 3.63) is 60.4 Å². The van der Waals surface area contributed by atoms with Crippen LogP contribution in [0.3, 0.4) is 0 Å². The summed E-state index contributed by atoms with van der Waals surface area (Å²) < 4.78 is 5.25. The summed E-state index contributed by atoms with van der Waals surface area (Å²) in [4.78, 5) is 16.4. The van der Waals surface area contributed by atoms with Crippen molar-refractivity contribution in [2.24, 2.45) is 0 Å². The van der Waals surface area contributed by atoms with E-state index >= 15 is 0 Å². The Bertz CT molecular complexity index is 666. The summed E-state index contributed by atoms with van der Waals surface area (Å²) >= 11 is 0. The van der Waals surface area contributed by atoms with Gasteiger partial charge in [0.1, 0.15) is 11.4 Å². The Labute approximate surface area is 130 Å². The standard InChI is InChI=1S/C17H19N3O2/c1-4-9-18-13-6-7-14(19-11-13)17(21)20-15-10-12(2)5-8-16(15)22-3/h4-8,10-11,18H,1,9H2,2-3H3,(H,20,21). The van der Waals surface area contributed by atoms with Crippen LogP contribution in [0.1, 0.15) is 16.1 Å². The van der Waals surface area contributed by atoms with E-state index in [0.29, 0.717) is 23.7 Å². The fourth-order valence-electron chi connectivity index (χ4n) is 1.93. The van der Waals surface area contributed by atoms with E-state index in [9.17, 15) is 4.79 Å². The van der Waals surface area contributed by atoms with Crippen molar-refractivity contribution in [3.63, 3.8) is 0 Å². The minimum absolute atomic E-state index is 0.279. The molecule has 5 nitrogen and oxygen atoms in total. The van der Waals surface area contributed by atoms with Crippen molar-refractivity contribution < 1.29 is 9.53 Å². The van der Waals surface area contributed by atoms with Crippen molar-refractivity contribution in [1.29, 1.82) is 0 Å². The maximum Gasteiger partial charge on any atom is 0.274 e. The molecule has 0 unspecified atom stereocenters. The molecule has 0 saturated heterocycles. The van der Waals surface area contributed by atoms with Crippen LogP contribution < -0.4 is 15.4 Å². The van der Waals surface area contributed by atoms with Gasteiger partial charge >= 0.3 is 0 Å². The summed E-state index contributed by atoms with van der Waals surface area (Å²) in [5.41, 5.74) is 2.84. The number of aromatic nitrogens is 1. The number of methoxy groups -OCH3 is 1. The lowest BCUT2D eigenvalue weighted by Gasteiger charge is -2.11. The van der Waals surface area contributed by atoms with Crippen LogP contribution in [0.5, 0.6) is 5.75 Å².